The van der Waals surface area contributed by atoms with Gasteiger partial charge in [-0.05, 0) is 49.3 Å². The van der Waals surface area contributed by atoms with Gasteiger partial charge in [-0.15, -0.1) is 11.3 Å². The molecule has 2 amide bonds. The molecule has 1 saturated heterocycles. The fraction of sp³-hybridized carbons (Fsp3) is 0.400. The Kier molecular flexibility index (Phi) is 5.93. The highest BCUT2D eigenvalue weighted by molar-refractivity contribution is 7.10. The molecule has 0 radical (unpaired) electrons. The van der Waals surface area contributed by atoms with Gasteiger partial charge in [0, 0.05) is 41.6 Å². The molecule has 0 spiro atoms. The van der Waals surface area contributed by atoms with E-state index in [-0.39, 0.29) is 36.1 Å². The first-order valence-corrected chi connectivity index (χ1v) is 12.4. The van der Waals surface area contributed by atoms with Crippen LogP contribution in [-0.4, -0.2) is 42.1 Å². The summed E-state index contributed by atoms with van der Waals surface area (Å²) in [4.78, 5) is 43.2. The number of amides is 2. The van der Waals surface area contributed by atoms with Crippen molar-refractivity contribution in [3.63, 3.8) is 0 Å². The van der Waals surface area contributed by atoms with Gasteiger partial charge in [-0.1, -0.05) is 18.2 Å². The van der Waals surface area contributed by atoms with Gasteiger partial charge in [-0.25, -0.2) is 0 Å². The number of piperidine rings is 1. The second-order valence-corrected chi connectivity index (χ2v) is 9.89. The van der Waals surface area contributed by atoms with Gasteiger partial charge in [0.1, 0.15) is 0 Å². The van der Waals surface area contributed by atoms with Gasteiger partial charge in [0.15, 0.2) is 5.78 Å². The Hall–Kier alpha value is -3.13. The fourth-order valence-electron chi connectivity index (χ4n) is 5.18. The van der Waals surface area contributed by atoms with Gasteiger partial charge in [0.2, 0.25) is 11.8 Å². The number of primary amides is 1. The van der Waals surface area contributed by atoms with E-state index >= 15 is 0 Å². The molecule has 33 heavy (non-hydrogen) atoms. The third-order valence-electron chi connectivity index (χ3n) is 6.91. The van der Waals surface area contributed by atoms with E-state index in [1.165, 1.54) is 0 Å². The predicted octanol–water partition coefficient (Wildman–Crippen LogP) is 3.45. The average molecular weight is 465 g/mol. The Balaban J connectivity index is 1.52. The highest BCUT2D eigenvalue weighted by atomic mass is 32.1. The Morgan fingerprint density at radius 2 is 1.88 bits per heavy atom. The van der Waals surface area contributed by atoms with Crippen LogP contribution in [0.3, 0.4) is 0 Å². The number of rotatable bonds is 4. The lowest BCUT2D eigenvalue weighted by molar-refractivity contribution is -0.133. The van der Waals surface area contributed by atoms with Crippen molar-refractivity contribution in [1.29, 1.82) is 0 Å². The summed E-state index contributed by atoms with van der Waals surface area (Å²) in [7, 11) is 0. The lowest BCUT2D eigenvalue weighted by atomic mass is 9.88. The number of carbonyl (C=O) groups is 3. The molecule has 5 rings (SSSR count). The highest BCUT2D eigenvalue weighted by Gasteiger charge is 2.38. The summed E-state index contributed by atoms with van der Waals surface area (Å²) in [5.41, 5.74) is 9.04. The van der Waals surface area contributed by atoms with E-state index in [9.17, 15) is 14.4 Å². The van der Waals surface area contributed by atoms with Gasteiger partial charge in [-0.3, -0.25) is 14.4 Å². The van der Waals surface area contributed by atoms with Gasteiger partial charge in [0.25, 0.3) is 0 Å². The molecular weight excluding hydrogens is 436 g/mol. The van der Waals surface area contributed by atoms with Crippen molar-refractivity contribution in [3.05, 3.63) is 57.9 Å². The van der Waals surface area contributed by atoms with Gasteiger partial charge >= 0.3 is 0 Å². The molecular formula is C25H28N4O3S. The molecule has 172 valence electrons. The molecule has 1 aromatic carbocycles. The summed E-state index contributed by atoms with van der Waals surface area (Å²) < 4.78 is 0. The molecule has 7 nitrogen and oxygen atoms in total. The molecule has 2 aliphatic heterocycles. The first kappa shape index (κ1) is 21.7. The van der Waals surface area contributed by atoms with E-state index in [2.05, 4.69) is 10.2 Å². The molecule has 2 aromatic rings. The van der Waals surface area contributed by atoms with E-state index < -0.39 is 0 Å². The number of anilines is 2. The van der Waals surface area contributed by atoms with Crippen molar-refractivity contribution in [1.82, 2.24) is 4.90 Å². The minimum absolute atomic E-state index is 0.00147. The third-order valence-corrected chi connectivity index (χ3v) is 7.83. The van der Waals surface area contributed by atoms with E-state index in [1.54, 1.807) is 11.3 Å². The van der Waals surface area contributed by atoms with Gasteiger partial charge in [-0.2, -0.15) is 0 Å². The third kappa shape index (κ3) is 4.15. The van der Waals surface area contributed by atoms with Crippen molar-refractivity contribution < 1.29 is 14.4 Å². The molecule has 0 bridgehead atoms. The van der Waals surface area contributed by atoms with Crippen LogP contribution in [0.5, 0.6) is 0 Å². The van der Waals surface area contributed by atoms with E-state index in [1.807, 2.05) is 46.7 Å². The number of benzene rings is 1. The first-order valence-electron chi connectivity index (χ1n) is 11.5. The number of nitrogens with one attached hydrogen (secondary N) is 1. The number of Topliss-reactive ketones (excluding diaryl/α,β-unsaturated/α-hetero) is 1. The molecule has 0 saturated carbocycles. The summed E-state index contributed by atoms with van der Waals surface area (Å²) in [5, 5.41) is 5.55. The summed E-state index contributed by atoms with van der Waals surface area (Å²) in [6.07, 6.45) is 3.38. The van der Waals surface area contributed by atoms with Crippen LogP contribution in [0.15, 0.2) is 53.0 Å². The summed E-state index contributed by atoms with van der Waals surface area (Å²) in [5.74, 6) is -0.303. The normalized spacial score (nSPS) is 21.2. The van der Waals surface area contributed by atoms with E-state index in [0.29, 0.717) is 32.4 Å². The quantitative estimate of drug-likeness (QED) is 0.723. The van der Waals surface area contributed by atoms with Crippen LogP contribution < -0.4 is 16.0 Å². The largest absolute Gasteiger partial charge is 0.369 e. The van der Waals surface area contributed by atoms with E-state index in [4.69, 9.17) is 5.73 Å². The second-order valence-electron chi connectivity index (χ2n) is 8.91. The number of fused-ring (bicyclic) bond motifs is 1. The number of carbonyl (C=O) groups excluding carboxylic acids is 3. The maximum Gasteiger partial charge on any atom is 0.242 e. The number of hydrogen-bond acceptors (Lipinski definition) is 6. The number of thiophene rings is 1. The first-order chi connectivity index (χ1) is 16.0. The van der Waals surface area contributed by atoms with Crippen LogP contribution in [0.2, 0.25) is 0 Å². The molecule has 3 heterocycles. The number of nitrogens with two attached hydrogens (primary N) is 1. The zero-order chi connectivity index (χ0) is 22.9. The van der Waals surface area contributed by atoms with Crippen molar-refractivity contribution in [2.24, 2.45) is 11.7 Å². The fourth-order valence-corrected chi connectivity index (χ4v) is 6.02. The summed E-state index contributed by atoms with van der Waals surface area (Å²) >= 11 is 1.61. The topological polar surface area (TPSA) is 95.7 Å². The molecule has 0 unspecified atom stereocenters. The minimum Gasteiger partial charge on any atom is -0.369 e. The Morgan fingerprint density at radius 1 is 1.09 bits per heavy atom. The maximum atomic E-state index is 13.5. The van der Waals surface area contributed by atoms with Crippen LogP contribution in [0, 0.1) is 5.92 Å². The molecule has 1 fully saturated rings. The number of nitrogens with zero attached hydrogens (tertiary/aromatic N) is 2. The van der Waals surface area contributed by atoms with Crippen LogP contribution in [0.4, 0.5) is 11.4 Å². The lowest BCUT2D eigenvalue weighted by Crippen LogP contribution is -2.47. The van der Waals surface area contributed by atoms with Gasteiger partial charge < -0.3 is 20.9 Å². The SMILES string of the molecule is NC(=O)C1CCN(C(=O)CN2c3ccccc3NC3=C(C(=O)CCC3)[C@@H]2c2cccs2)CC1. The highest BCUT2D eigenvalue weighted by Crippen LogP contribution is 2.45. The van der Waals surface area contributed by atoms with Crippen molar-refractivity contribution >= 4 is 40.3 Å². The average Bonchev–Trinajstić information content (AvgIpc) is 3.30. The zero-order valence-electron chi connectivity index (χ0n) is 18.5. The predicted molar refractivity (Wildman–Crippen MR) is 129 cm³/mol. The smallest absolute Gasteiger partial charge is 0.242 e. The number of allylic oxidation sites excluding steroid dienone is 1. The lowest BCUT2D eigenvalue weighted by Gasteiger charge is -2.37. The monoisotopic (exact) mass is 464 g/mol. The molecule has 1 aromatic heterocycles. The summed E-state index contributed by atoms with van der Waals surface area (Å²) in [6.45, 7) is 1.21. The molecule has 1 aliphatic carbocycles. The molecule has 3 N–H and O–H groups in total. The number of likely N-dealkylation sites (tertiary alicyclic amines) is 1. The summed E-state index contributed by atoms with van der Waals surface area (Å²) in [6, 6.07) is 11.7. The number of hydrogen-bond donors (Lipinski definition) is 2. The Bertz CT molecular complexity index is 1100. The minimum atomic E-state index is -0.309. The van der Waals surface area contributed by atoms with Crippen LogP contribution >= 0.6 is 11.3 Å². The van der Waals surface area contributed by atoms with Crippen molar-refractivity contribution in [3.8, 4) is 0 Å². The number of para-hydroxylation sites is 2. The van der Waals surface area contributed by atoms with Crippen LogP contribution in [0.25, 0.3) is 0 Å². The van der Waals surface area contributed by atoms with E-state index in [0.717, 1.165) is 40.4 Å². The Labute approximate surface area is 197 Å². The molecule has 3 aliphatic rings. The zero-order valence-corrected chi connectivity index (χ0v) is 19.3. The maximum absolute atomic E-state index is 13.5. The molecule has 8 heteroatoms. The number of ketones is 1. The Morgan fingerprint density at radius 3 is 2.61 bits per heavy atom. The van der Waals surface area contributed by atoms with Gasteiger partial charge in [0.05, 0.1) is 24.0 Å². The second kappa shape index (κ2) is 9.02. The van der Waals surface area contributed by atoms with Crippen LogP contribution in [-0.2, 0) is 14.4 Å². The van der Waals surface area contributed by atoms with Crippen molar-refractivity contribution in [2.75, 3.05) is 29.9 Å². The van der Waals surface area contributed by atoms with Crippen LogP contribution in [0.1, 0.15) is 43.0 Å². The van der Waals surface area contributed by atoms with Crippen molar-refractivity contribution in [2.45, 2.75) is 38.1 Å². The standard InChI is InChI=1S/C25H28N4O3S/c26-25(32)16-10-12-28(13-11-16)22(31)15-29-19-7-2-1-5-17(19)27-18-6-3-8-20(30)23(18)24(29)21-9-4-14-33-21/h1-2,4-5,7,9,14,16,24,27H,3,6,8,10-13,15H2,(H2,26,32)/t24-/m0/s1. The molecule has 1 atom stereocenters.